The Kier molecular flexibility index (Phi) is 7.42. The minimum Gasteiger partial charge on any atom is -0.459 e. The average Bonchev–Trinajstić information content (AvgIpc) is 3.49. The van der Waals surface area contributed by atoms with Crippen molar-refractivity contribution >= 4 is 39.3 Å². The Balaban J connectivity index is 1.55. The lowest BCUT2D eigenvalue weighted by Gasteiger charge is -2.36. The molecule has 0 saturated carbocycles. The van der Waals surface area contributed by atoms with Gasteiger partial charge < -0.3 is 24.6 Å². The summed E-state index contributed by atoms with van der Waals surface area (Å²) in [5, 5.41) is 13.0. The molecular weight excluding hydrogens is 502 g/mol. The monoisotopic (exact) mass is 531 g/mol. The molecule has 2 aliphatic rings. The van der Waals surface area contributed by atoms with E-state index in [9.17, 15) is 19.5 Å². The summed E-state index contributed by atoms with van der Waals surface area (Å²) in [4.78, 5) is 42.7. The van der Waals surface area contributed by atoms with Crippen molar-refractivity contribution in [1.29, 1.82) is 0 Å². The van der Waals surface area contributed by atoms with Crippen LogP contribution in [0, 0.1) is 11.8 Å². The number of carbonyl (C=O) groups is 3. The number of aliphatic hydroxyl groups excluding tert-OH is 1. The predicted octanol–water partition coefficient (Wildman–Crippen LogP) is 3.76. The molecule has 4 atom stereocenters. The largest absolute Gasteiger partial charge is 0.459 e. The van der Waals surface area contributed by atoms with E-state index in [2.05, 4.69) is 35.1 Å². The van der Waals surface area contributed by atoms with Gasteiger partial charge in [-0.1, -0.05) is 36.2 Å². The molecule has 3 amide bonds. The van der Waals surface area contributed by atoms with Crippen LogP contribution in [-0.2, 0) is 4.79 Å². The number of carbonyl (C=O) groups excluding carboxylic acids is 3. The molecule has 2 N–H and O–H groups in total. The minimum absolute atomic E-state index is 0.0355. The maximum atomic E-state index is 13.5. The minimum atomic E-state index is -0.876. The van der Waals surface area contributed by atoms with Gasteiger partial charge in [0.15, 0.2) is 5.76 Å². The van der Waals surface area contributed by atoms with Crippen molar-refractivity contribution in [3.63, 3.8) is 0 Å². The molecule has 3 heterocycles. The number of halogens is 1. The van der Waals surface area contributed by atoms with Crippen molar-refractivity contribution in [3.05, 3.63) is 52.4 Å². The Hall–Kier alpha value is -2.65. The molecule has 1 aromatic carbocycles. The zero-order valence-corrected chi connectivity index (χ0v) is 21.0. The molecule has 34 heavy (non-hydrogen) atoms. The van der Waals surface area contributed by atoms with Crippen molar-refractivity contribution in [2.45, 2.75) is 45.3 Å². The molecule has 8 nitrogen and oxygen atoms in total. The first-order valence-electron chi connectivity index (χ1n) is 11.7. The molecule has 0 bridgehead atoms. The number of anilines is 1. The van der Waals surface area contributed by atoms with Gasteiger partial charge in [0.25, 0.3) is 11.8 Å². The highest BCUT2D eigenvalue weighted by Gasteiger charge is 2.40. The molecule has 4 rings (SSSR count). The van der Waals surface area contributed by atoms with Gasteiger partial charge >= 0.3 is 0 Å². The van der Waals surface area contributed by atoms with E-state index in [4.69, 9.17) is 4.42 Å². The van der Waals surface area contributed by atoms with E-state index in [1.807, 2.05) is 4.90 Å². The number of likely N-dealkylation sites (tertiary alicyclic amines) is 2. The number of nitrogens with zero attached hydrogens (tertiary/aromatic N) is 2. The second-order valence-electron chi connectivity index (χ2n) is 9.34. The SMILES string of the molecule is CCC1CC(C)CN(C(=O)c2cc(Br)ccc2NC(=O)C2CC(O)CN2C(=O)c2ccco2)C1. The number of benzene rings is 1. The number of rotatable bonds is 5. The Morgan fingerprint density at radius 2 is 1.94 bits per heavy atom. The molecule has 2 aliphatic heterocycles. The topological polar surface area (TPSA) is 103 Å². The summed E-state index contributed by atoms with van der Waals surface area (Å²) in [7, 11) is 0. The van der Waals surface area contributed by atoms with Gasteiger partial charge in [-0.25, -0.2) is 0 Å². The zero-order chi connectivity index (χ0) is 24.4. The smallest absolute Gasteiger partial charge is 0.290 e. The lowest BCUT2D eigenvalue weighted by Crippen LogP contribution is -2.44. The van der Waals surface area contributed by atoms with Crippen LogP contribution >= 0.6 is 15.9 Å². The number of hydrogen-bond acceptors (Lipinski definition) is 5. The average molecular weight is 532 g/mol. The van der Waals surface area contributed by atoms with Crippen molar-refractivity contribution < 1.29 is 23.9 Å². The molecule has 1 aromatic heterocycles. The van der Waals surface area contributed by atoms with E-state index in [0.29, 0.717) is 36.2 Å². The van der Waals surface area contributed by atoms with Crippen LogP contribution in [0.4, 0.5) is 5.69 Å². The van der Waals surface area contributed by atoms with Gasteiger partial charge in [-0.05, 0) is 48.6 Å². The fourth-order valence-electron chi connectivity index (χ4n) is 4.96. The summed E-state index contributed by atoms with van der Waals surface area (Å²) in [6.45, 7) is 5.70. The van der Waals surface area contributed by atoms with Crippen LogP contribution in [0.15, 0.2) is 45.5 Å². The van der Waals surface area contributed by atoms with Gasteiger partial charge in [-0.2, -0.15) is 0 Å². The van der Waals surface area contributed by atoms with Gasteiger partial charge in [-0.15, -0.1) is 0 Å². The highest BCUT2D eigenvalue weighted by atomic mass is 79.9. The number of hydrogen-bond donors (Lipinski definition) is 2. The van der Waals surface area contributed by atoms with Crippen LogP contribution in [0.5, 0.6) is 0 Å². The molecular formula is C25H30BrN3O5. The normalized spacial score (nSPS) is 24.8. The third-order valence-electron chi connectivity index (χ3n) is 6.66. The van der Waals surface area contributed by atoms with Gasteiger partial charge in [-0.3, -0.25) is 14.4 Å². The van der Waals surface area contributed by atoms with Crippen molar-refractivity contribution in [2.75, 3.05) is 25.0 Å². The third kappa shape index (κ3) is 5.20. The maximum absolute atomic E-state index is 13.5. The third-order valence-corrected chi connectivity index (χ3v) is 7.15. The van der Waals surface area contributed by atoms with Crippen LogP contribution < -0.4 is 5.32 Å². The van der Waals surface area contributed by atoms with E-state index in [0.717, 1.165) is 17.3 Å². The second-order valence-corrected chi connectivity index (χ2v) is 10.3. The first-order chi connectivity index (χ1) is 16.3. The summed E-state index contributed by atoms with van der Waals surface area (Å²) in [6, 6.07) is 7.40. The summed E-state index contributed by atoms with van der Waals surface area (Å²) >= 11 is 3.44. The van der Waals surface area contributed by atoms with Crippen molar-refractivity contribution in [2.24, 2.45) is 11.8 Å². The molecule has 2 fully saturated rings. The lowest BCUT2D eigenvalue weighted by atomic mass is 9.88. The first kappa shape index (κ1) is 24.5. The first-order valence-corrected chi connectivity index (χ1v) is 12.5. The number of amides is 3. The fraction of sp³-hybridized carbons (Fsp3) is 0.480. The number of β-amino-alcohol motifs (C(OH)–C–C–N with tert-alkyl or cyclic N) is 1. The molecule has 182 valence electrons. The summed E-state index contributed by atoms with van der Waals surface area (Å²) in [5.74, 6) is -0.0614. The molecule has 9 heteroatoms. The Morgan fingerprint density at radius 3 is 2.65 bits per heavy atom. The molecule has 4 unspecified atom stereocenters. The van der Waals surface area contributed by atoms with Gasteiger partial charge in [0.2, 0.25) is 5.91 Å². The Labute approximate surface area is 207 Å². The highest BCUT2D eigenvalue weighted by molar-refractivity contribution is 9.10. The van der Waals surface area contributed by atoms with Gasteiger partial charge in [0.1, 0.15) is 6.04 Å². The molecule has 0 radical (unpaired) electrons. The fourth-order valence-corrected chi connectivity index (χ4v) is 5.32. The highest BCUT2D eigenvalue weighted by Crippen LogP contribution is 2.29. The molecule has 0 aliphatic carbocycles. The van der Waals surface area contributed by atoms with E-state index < -0.39 is 24.0 Å². The van der Waals surface area contributed by atoms with E-state index >= 15 is 0 Å². The van der Waals surface area contributed by atoms with E-state index in [1.165, 1.54) is 17.2 Å². The Morgan fingerprint density at radius 1 is 1.15 bits per heavy atom. The lowest BCUT2D eigenvalue weighted by molar-refractivity contribution is -0.119. The van der Waals surface area contributed by atoms with Crippen LogP contribution in [0.2, 0.25) is 0 Å². The van der Waals surface area contributed by atoms with Gasteiger partial charge in [0, 0.05) is 30.5 Å². The summed E-state index contributed by atoms with van der Waals surface area (Å²) in [6.07, 6.45) is 2.80. The van der Waals surface area contributed by atoms with Crippen LogP contribution in [0.1, 0.15) is 54.0 Å². The van der Waals surface area contributed by atoms with E-state index in [-0.39, 0.29) is 24.6 Å². The van der Waals surface area contributed by atoms with Crippen LogP contribution in [0.25, 0.3) is 0 Å². The number of nitrogens with one attached hydrogen (secondary N) is 1. The second kappa shape index (κ2) is 10.3. The van der Waals surface area contributed by atoms with Crippen molar-refractivity contribution in [3.8, 4) is 0 Å². The van der Waals surface area contributed by atoms with Crippen LogP contribution in [0.3, 0.4) is 0 Å². The number of furan rings is 1. The van der Waals surface area contributed by atoms with E-state index in [1.54, 1.807) is 24.3 Å². The molecule has 2 aromatic rings. The predicted molar refractivity (Wildman–Crippen MR) is 130 cm³/mol. The standard InChI is InChI=1S/C25H30BrN3O5/c1-3-16-9-15(2)12-28(13-16)24(32)19-10-17(26)6-7-20(19)27-23(31)21-11-18(30)14-29(21)25(33)22-5-4-8-34-22/h4-8,10,15-16,18,21,30H,3,9,11-14H2,1-2H3,(H,27,31). The summed E-state index contributed by atoms with van der Waals surface area (Å²) in [5.41, 5.74) is 0.783. The molecule has 2 saturated heterocycles. The van der Waals surface area contributed by atoms with Crippen LogP contribution in [-0.4, -0.2) is 64.4 Å². The quantitative estimate of drug-likeness (QED) is 0.611. The molecule has 0 spiro atoms. The maximum Gasteiger partial charge on any atom is 0.290 e. The summed E-state index contributed by atoms with van der Waals surface area (Å²) < 4.78 is 5.92. The zero-order valence-electron chi connectivity index (χ0n) is 19.4. The van der Waals surface area contributed by atoms with Crippen molar-refractivity contribution in [1.82, 2.24) is 9.80 Å². The Bertz CT molecular complexity index is 1060. The number of piperidine rings is 1. The number of aliphatic hydroxyl groups is 1. The van der Waals surface area contributed by atoms with Gasteiger partial charge in [0.05, 0.1) is 23.6 Å².